The molecule has 5 rings (SSSR count). The molecule has 1 aliphatic rings. The van der Waals surface area contributed by atoms with E-state index in [1.165, 1.54) is 13.8 Å². The molecule has 10 heteroatoms. The summed E-state index contributed by atoms with van der Waals surface area (Å²) in [6.45, 7) is 3.01. The lowest BCUT2D eigenvalue weighted by Crippen LogP contribution is -2.37. The van der Waals surface area contributed by atoms with Crippen LogP contribution in [0.1, 0.15) is 39.5 Å². The smallest absolute Gasteiger partial charge is 0.347 e. The van der Waals surface area contributed by atoms with Crippen LogP contribution in [-0.4, -0.2) is 48.2 Å². The van der Waals surface area contributed by atoms with Crippen LogP contribution >= 0.6 is 0 Å². The van der Waals surface area contributed by atoms with E-state index >= 15 is 0 Å². The number of aliphatic carboxylic acids is 1. The molecule has 0 aliphatic heterocycles. The van der Waals surface area contributed by atoms with Gasteiger partial charge in [0.1, 0.15) is 17.3 Å². The van der Waals surface area contributed by atoms with Crippen LogP contribution in [0.3, 0.4) is 0 Å². The number of H-pyrrole nitrogens is 2. The van der Waals surface area contributed by atoms with Crippen LogP contribution in [0.25, 0.3) is 33.7 Å². The molecular formula is C25H25N5O5. The lowest BCUT2D eigenvalue weighted by molar-refractivity contribution is -0.152. The predicted molar refractivity (Wildman–Crippen MR) is 128 cm³/mol. The first-order valence-electron chi connectivity index (χ1n) is 11.5. The molecule has 0 radical (unpaired) electrons. The van der Waals surface area contributed by atoms with Gasteiger partial charge in [0, 0.05) is 0 Å². The third kappa shape index (κ3) is 4.59. The number of nitrogens with zero attached hydrogens (tertiary/aromatic N) is 3. The molecule has 0 unspecified atom stereocenters. The first-order chi connectivity index (χ1) is 16.8. The topological polar surface area (TPSA) is 143 Å². The molecule has 2 aromatic carbocycles. The summed E-state index contributed by atoms with van der Waals surface area (Å²) in [6.07, 6.45) is 4.23. The minimum absolute atomic E-state index is 0.0827. The second-order valence-electron chi connectivity index (χ2n) is 9.10. The number of aromatic nitrogens is 5. The Labute approximate surface area is 200 Å². The summed E-state index contributed by atoms with van der Waals surface area (Å²) in [5.41, 5.74) is 1.02. The van der Waals surface area contributed by atoms with Gasteiger partial charge in [-0.05, 0) is 74.9 Å². The summed E-state index contributed by atoms with van der Waals surface area (Å²) >= 11 is 0. The number of carbonyl (C=O) groups is 1. The molecule has 1 saturated carbocycles. The molecule has 0 amide bonds. The fraction of sp³-hybridized carbons (Fsp3) is 0.320. The van der Waals surface area contributed by atoms with Gasteiger partial charge in [0.05, 0.1) is 11.7 Å². The lowest BCUT2D eigenvalue weighted by Gasteiger charge is -2.22. The van der Waals surface area contributed by atoms with E-state index in [0.29, 0.717) is 28.5 Å². The van der Waals surface area contributed by atoms with Crippen LogP contribution in [0, 0.1) is 0 Å². The van der Waals surface area contributed by atoms with Crippen molar-refractivity contribution in [3.63, 3.8) is 0 Å². The number of ether oxygens (including phenoxy) is 2. The van der Waals surface area contributed by atoms with Gasteiger partial charge < -0.3 is 19.6 Å². The van der Waals surface area contributed by atoms with Gasteiger partial charge in [-0.2, -0.15) is 0 Å². The maximum absolute atomic E-state index is 12.5. The third-order valence-electron chi connectivity index (χ3n) is 6.09. The number of fused-ring (bicyclic) bond motifs is 1. The average molecular weight is 476 g/mol. The number of carboxylic acids is 1. The molecule has 0 saturated heterocycles. The zero-order valence-corrected chi connectivity index (χ0v) is 19.4. The van der Waals surface area contributed by atoms with Crippen molar-refractivity contribution < 1.29 is 19.4 Å². The number of aromatic amines is 2. The molecule has 0 spiro atoms. The van der Waals surface area contributed by atoms with Gasteiger partial charge in [-0.15, -0.1) is 5.10 Å². The highest BCUT2D eigenvalue weighted by molar-refractivity contribution is 5.78. The molecule has 2 aromatic heterocycles. The number of rotatable bonds is 7. The van der Waals surface area contributed by atoms with E-state index in [1.54, 1.807) is 12.1 Å². The summed E-state index contributed by atoms with van der Waals surface area (Å²) in [5, 5.41) is 19.5. The van der Waals surface area contributed by atoms with Crippen molar-refractivity contribution in [3.05, 3.63) is 52.8 Å². The average Bonchev–Trinajstić information content (AvgIpc) is 3.51. The number of carboxylic acid groups (broad SMARTS) is 1. The molecule has 4 aromatic rings. The van der Waals surface area contributed by atoms with Gasteiger partial charge in [-0.3, -0.25) is 4.79 Å². The highest BCUT2D eigenvalue weighted by atomic mass is 16.5. The third-order valence-corrected chi connectivity index (χ3v) is 6.09. The van der Waals surface area contributed by atoms with E-state index in [1.807, 2.05) is 30.3 Å². The van der Waals surface area contributed by atoms with Crippen LogP contribution in [0.15, 0.2) is 47.3 Å². The van der Waals surface area contributed by atoms with Crippen molar-refractivity contribution in [1.82, 2.24) is 25.4 Å². The molecule has 35 heavy (non-hydrogen) atoms. The van der Waals surface area contributed by atoms with Crippen LogP contribution < -0.4 is 15.0 Å². The van der Waals surface area contributed by atoms with Crippen molar-refractivity contribution in [3.8, 4) is 34.0 Å². The molecule has 2 heterocycles. The first-order valence-corrected chi connectivity index (χ1v) is 11.5. The number of benzene rings is 2. The summed E-state index contributed by atoms with van der Waals surface area (Å²) in [4.78, 5) is 31.2. The Bertz CT molecular complexity index is 1450. The van der Waals surface area contributed by atoms with Gasteiger partial charge in [0.15, 0.2) is 16.8 Å². The fourth-order valence-corrected chi connectivity index (χ4v) is 4.15. The summed E-state index contributed by atoms with van der Waals surface area (Å²) < 4.78 is 12.1. The van der Waals surface area contributed by atoms with E-state index < -0.39 is 11.6 Å². The molecule has 1 aliphatic carbocycles. The Balaban J connectivity index is 1.55. The van der Waals surface area contributed by atoms with Gasteiger partial charge in [-0.1, -0.05) is 23.4 Å². The number of nitrogens with one attached hydrogen (secondary N) is 2. The predicted octanol–water partition coefficient (Wildman–Crippen LogP) is 3.94. The molecule has 180 valence electrons. The highest BCUT2D eigenvalue weighted by Crippen LogP contribution is 2.36. The normalized spacial score (nSPS) is 14.3. The van der Waals surface area contributed by atoms with Crippen LogP contribution in [-0.2, 0) is 4.79 Å². The van der Waals surface area contributed by atoms with Crippen LogP contribution in [0.4, 0.5) is 0 Å². The van der Waals surface area contributed by atoms with Crippen molar-refractivity contribution in [2.75, 3.05) is 0 Å². The molecule has 10 nitrogen and oxygen atoms in total. The van der Waals surface area contributed by atoms with Gasteiger partial charge in [0.2, 0.25) is 0 Å². The van der Waals surface area contributed by atoms with E-state index in [4.69, 9.17) is 9.47 Å². The maximum Gasteiger partial charge on any atom is 0.347 e. The minimum Gasteiger partial charge on any atom is -0.490 e. The monoisotopic (exact) mass is 475 g/mol. The molecule has 3 N–H and O–H groups in total. The Hall–Kier alpha value is -4.21. The fourth-order valence-electron chi connectivity index (χ4n) is 4.15. The summed E-state index contributed by atoms with van der Waals surface area (Å²) in [7, 11) is 0. The van der Waals surface area contributed by atoms with E-state index in [2.05, 4.69) is 25.4 Å². The van der Waals surface area contributed by atoms with Gasteiger partial charge in [0.25, 0.3) is 5.56 Å². The Morgan fingerprint density at radius 2 is 1.89 bits per heavy atom. The zero-order valence-electron chi connectivity index (χ0n) is 19.4. The van der Waals surface area contributed by atoms with Crippen molar-refractivity contribution >= 4 is 17.1 Å². The molecule has 1 fully saturated rings. The van der Waals surface area contributed by atoms with Crippen molar-refractivity contribution in [2.24, 2.45) is 0 Å². The first kappa shape index (κ1) is 22.6. The van der Waals surface area contributed by atoms with Crippen molar-refractivity contribution in [2.45, 2.75) is 51.2 Å². The molecule has 0 bridgehead atoms. The Morgan fingerprint density at radius 1 is 1.11 bits per heavy atom. The maximum atomic E-state index is 12.5. The highest BCUT2D eigenvalue weighted by Gasteiger charge is 2.29. The SMILES string of the molecule is CC(C)(Oc1cccc(-c2ccc(-c3nc4[nH]nnc4c(=O)[nH]3)c(OC3CCCC3)c2)c1)C(=O)O. The van der Waals surface area contributed by atoms with E-state index in [9.17, 15) is 14.7 Å². The second kappa shape index (κ2) is 8.86. The lowest BCUT2D eigenvalue weighted by atomic mass is 10.0. The van der Waals surface area contributed by atoms with Crippen molar-refractivity contribution in [1.29, 1.82) is 0 Å². The zero-order chi connectivity index (χ0) is 24.6. The summed E-state index contributed by atoms with van der Waals surface area (Å²) in [5.74, 6) is 0.348. The quantitative estimate of drug-likeness (QED) is 0.365. The Kier molecular flexibility index (Phi) is 5.72. The largest absolute Gasteiger partial charge is 0.490 e. The summed E-state index contributed by atoms with van der Waals surface area (Å²) in [6, 6.07) is 12.9. The van der Waals surface area contributed by atoms with Gasteiger partial charge in [-0.25, -0.2) is 14.9 Å². The van der Waals surface area contributed by atoms with Gasteiger partial charge >= 0.3 is 5.97 Å². The number of hydrogen-bond acceptors (Lipinski definition) is 7. The minimum atomic E-state index is -1.36. The molecular weight excluding hydrogens is 450 g/mol. The van der Waals surface area contributed by atoms with E-state index in [0.717, 1.165) is 36.8 Å². The van der Waals surface area contributed by atoms with Crippen LogP contribution in [0.2, 0.25) is 0 Å². The van der Waals surface area contributed by atoms with E-state index in [-0.39, 0.29) is 17.2 Å². The van der Waals surface area contributed by atoms with Crippen LogP contribution in [0.5, 0.6) is 11.5 Å². The Morgan fingerprint density at radius 3 is 2.66 bits per heavy atom. The standard InChI is InChI=1S/C25H25N5O5/c1-25(2,24(32)33)35-17-9-5-6-14(12-17)15-10-11-18(19(13-15)34-16-7-3-4-8-16)21-26-22-20(23(31)27-21)28-30-29-22/h5-6,9-13,16H,3-4,7-8H2,1-2H3,(H,32,33)(H2,26,27,28,29,30,31). The molecule has 0 atom stereocenters. The second-order valence-corrected chi connectivity index (χ2v) is 9.10. The number of hydrogen-bond donors (Lipinski definition) is 3.